The largest absolute Gasteiger partial charge is 0.345 e. The molecule has 2 N–H and O–H groups in total. The highest BCUT2D eigenvalue weighted by Crippen LogP contribution is 2.33. The highest BCUT2D eigenvalue weighted by molar-refractivity contribution is 5.73. The maximum atomic E-state index is 10.7. The molecule has 108 valence electrons. The van der Waals surface area contributed by atoms with Crippen LogP contribution in [0.25, 0.3) is 0 Å². The molecule has 5 heteroatoms. The van der Waals surface area contributed by atoms with Gasteiger partial charge in [-0.1, -0.05) is 30.3 Å². The molecular weight excluding hydrogens is 264 g/mol. The molecule has 0 spiro atoms. The Bertz CT molecular complexity index is 591. The van der Waals surface area contributed by atoms with Crippen LogP contribution in [0.4, 0.5) is 5.95 Å². The number of carbonyl (C=O) groups is 1. The van der Waals surface area contributed by atoms with E-state index in [1.165, 1.54) is 5.56 Å². The van der Waals surface area contributed by atoms with Crippen LogP contribution >= 0.6 is 0 Å². The highest BCUT2D eigenvalue weighted by Gasteiger charge is 2.34. The maximum Gasteiger partial charge on any atom is 0.223 e. The molecule has 1 saturated heterocycles. The van der Waals surface area contributed by atoms with Gasteiger partial charge in [-0.05, 0) is 31.5 Å². The van der Waals surface area contributed by atoms with E-state index in [1.54, 1.807) is 12.4 Å². The number of aromatic nitrogens is 2. The summed E-state index contributed by atoms with van der Waals surface area (Å²) in [5.41, 5.74) is 1.57. The smallest absolute Gasteiger partial charge is 0.223 e. The summed E-state index contributed by atoms with van der Waals surface area (Å²) in [5, 5.41) is 6.87. The number of benzene rings is 1. The van der Waals surface area contributed by atoms with Crippen molar-refractivity contribution in [3.63, 3.8) is 0 Å². The van der Waals surface area contributed by atoms with E-state index >= 15 is 0 Å². The maximum absolute atomic E-state index is 10.7. The van der Waals surface area contributed by atoms with E-state index in [9.17, 15) is 4.79 Å². The van der Waals surface area contributed by atoms with Gasteiger partial charge in [-0.3, -0.25) is 4.79 Å². The molecule has 0 bridgehead atoms. The lowest BCUT2D eigenvalue weighted by atomic mass is 9.81. The summed E-state index contributed by atoms with van der Waals surface area (Å²) in [6, 6.07) is 10.4. The summed E-state index contributed by atoms with van der Waals surface area (Å²) < 4.78 is 0. The number of nitrogens with zero attached hydrogens (tertiary/aromatic N) is 2. The first-order chi connectivity index (χ1) is 10.3. The number of hydrogen-bond donors (Lipinski definition) is 2. The topological polar surface area (TPSA) is 66.9 Å². The van der Waals surface area contributed by atoms with Crippen LogP contribution < -0.4 is 10.6 Å². The number of nitrogens with one attached hydrogen (secondary N) is 2. The summed E-state index contributed by atoms with van der Waals surface area (Å²) in [6.45, 7) is 1.91. The van der Waals surface area contributed by atoms with Crippen LogP contribution in [-0.2, 0) is 5.54 Å². The van der Waals surface area contributed by atoms with Gasteiger partial charge in [-0.15, -0.1) is 0 Å². The van der Waals surface area contributed by atoms with Crippen molar-refractivity contribution in [2.75, 3.05) is 18.4 Å². The number of aldehydes is 1. The van der Waals surface area contributed by atoms with Gasteiger partial charge in [0.05, 0.1) is 11.1 Å². The molecule has 0 unspecified atom stereocenters. The van der Waals surface area contributed by atoms with Gasteiger partial charge in [0.1, 0.15) is 0 Å². The van der Waals surface area contributed by atoms with Crippen molar-refractivity contribution in [2.24, 2.45) is 0 Å². The third kappa shape index (κ3) is 2.92. The molecule has 0 aliphatic carbocycles. The molecule has 21 heavy (non-hydrogen) atoms. The fourth-order valence-electron chi connectivity index (χ4n) is 2.77. The molecule has 2 aromatic rings. The van der Waals surface area contributed by atoms with Crippen LogP contribution in [0.1, 0.15) is 28.8 Å². The molecule has 1 aromatic carbocycles. The molecule has 1 aliphatic heterocycles. The minimum atomic E-state index is -0.158. The Hall–Kier alpha value is -2.27. The number of hydrogen-bond acceptors (Lipinski definition) is 5. The van der Waals surface area contributed by atoms with Gasteiger partial charge in [-0.2, -0.15) is 0 Å². The monoisotopic (exact) mass is 282 g/mol. The van der Waals surface area contributed by atoms with Gasteiger partial charge in [-0.25, -0.2) is 9.97 Å². The van der Waals surface area contributed by atoms with E-state index < -0.39 is 0 Å². The number of anilines is 1. The van der Waals surface area contributed by atoms with Crippen molar-refractivity contribution in [3.05, 3.63) is 53.9 Å². The van der Waals surface area contributed by atoms with Crippen LogP contribution in [0.3, 0.4) is 0 Å². The first-order valence-electron chi connectivity index (χ1n) is 7.14. The first kappa shape index (κ1) is 13.7. The Balaban J connectivity index is 1.90. The Kier molecular flexibility index (Phi) is 3.92. The van der Waals surface area contributed by atoms with Gasteiger partial charge in [0.2, 0.25) is 5.95 Å². The predicted octanol–water partition coefficient (Wildman–Crippen LogP) is 1.98. The quantitative estimate of drug-likeness (QED) is 0.839. The van der Waals surface area contributed by atoms with Crippen LogP contribution in [0.5, 0.6) is 0 Å². The fraction of sp³-hybridized carbons (Fsp3) is 0.312. The lowest BCUT2D eigenvalue weighted by molar-refractivity contribution is 0.112. The molecule has 0 radical (unpaired) electrons. The predicted molar refractivity (Wildman–Crippen MR) is 81.3 cm³/mol. The molecule has 0 atom stereocenters. The zero-order valence-corrected chi connectivity index (χ0v) is 11.7. The number of carbonyl (C=O) groups excluding carboxylic acids is 1. The van der Waals surface area contributed by atoms with Crippen LogP contribution in [0.15, 0.2) is 42.7 Å². The normalized spacial score (nSPS) is 17.1. The second-order valence-electron chi connectivity index (χ2n) is 5.28. The third-order valence-corrected chi connectivity index (χ3v) is 3.94. The Labute approximate surface area is 123 Å². The van der Waals surface area contributed by atoms with E-state index in [0.29, 0.717) is 11.5 Å². The Morgan fingerprint density at radius 3 is 2.38 bits per heavy atom. The standard InChI is InChI=1S/C16H18N4O/c21-12-13-10-18-15(19-11-13)20-16(6-8-17-9-7-16)14-4-2-1-3-5-14/h1-5,10-12,17H,6-9H2,(H,18,19,20). The van der Waals surface area contributed by atoms with E-state index in [4.69, 9.17) is 0 Å². The highest BCUT2D eigenvalue weighted by atomic mass is 16.1. The van der Waals surface area contributed by atoms with Crippen LogP contribution in [0.2, 0.25) is 0 Å². The van der Waals surface area contributed by atoms with Gasteiger partial charge >= 0.3 is 0 Å². The Morgan fingerprint density at radius 1 is 1.10 bits per heavy atom. The summed E-state index contributed by atoms with van der Waals surface area (Å²) in [5.74, 6) is 0.561. The second kappa shape index (κ2) is 6.01. The molecule has 2 heterocycles. The lowest BCUT2D eigenvalue weighted by Crippen LogP contribution is -2.45. The van der Waals surface area contributed by atoms with E-state index in [2.05, 4.69) is 44.9 Å². The molecule has 1 aliphatic rings. The summed E-state index contributed by atoms with van der Waals surface area (Å²) >= 11 is 0. The SMILES string of the molecule is O=Cc1cnc(NC2(c3ccccc3)CCNCC2)nc1. The molecule has 1 aromatic heterocycles. The van der Waals surface area contributed by atoms with E-state index in [-0.39, 0.29) is 5.54 Å². The van der Waals surface area contributed by atoms with Crippen molar-refractivity contribution in [2.45, 2.75) is 18.4 Å². The first-order valence-corrected chi connectivity index (χ1v) is 7.14. The van der Waals surface area contributed by atoms with Crippen LogP contribution in [0, 0.1) is 0 Å². The van der Waals surface area contributed by atoms with E-state index in [0.717, 1.165) is 32.2 Å². The number of rotatable bonds is 4. The zero-order valence-electron chi connectivity index (χ0n) is 11.7. The van der Waals surface area contributed by atoms with Gasteiger partial charge in [0.25, 0.3) is 0 Å². The average molecular weight is 282 g/mol. The molecule has 0 saturated carbocycles. The van der Waals surface area contributed by atoms with Gasteiger partial charge in [0.15, 0.2) is 6.29 Å². The molecule has 5 nitrogen and oxygen atoms in total. The molecule has 3 rings (SSSR count). The summed E-state index contributed by atoms with van der Waals surface area (Å²) in [4.78, 5) is 19.2. The van der Waals surface area contributed by atoms with Crippen molar-refractivity contribution >= 4 is 12.2 Å². The minimum absolute atomic E-state index is 0.158. The molecular formula is C16H18N4O. The molecule has 0 amide bonds. The van der Waals surface area contributed by atoms with Crippen molar-refractivity contribution in [1.29, 1.82) is 0 Å². The average Bonchev–Trinajstić information content (AvgIpc) is 2.57. The van der Waals surface area contributed by atoms with Crippen LogP contribution in [-0.4, -0.2) is 29.3 Å². The second-order valence-corrected chi connectivity index (χ2v) is 5.28. The fourth-order valence-corrected chi connectivity index (χ4v) is 2.77. The molecule has 1 fully saturated rings. The van der Waals surface area contributed by atoms with Crippen molar-refractivity contribution in [3.8, 4) is 0 Å². The lowest BCUT2D eigenvalue weighted by Gasteiger charge is -2.39. The van der Waals surface area contributed by atoms with Crippen molar-refractivity contribution < 1.29 is 4.79 Å². The van der Waals surface area contributed by atoms with E-state index in [1.807, 2.05) is 6.07 Å². The number of piperidine rings is 1. The Morgan fingerprint density at radius 2 is 1.76 bits per heavy atom. The zero-order chi connectivity index (χ0) is 14.5. The minimum Gasteiger partial charge on any atom is -0.345 e. The van der Waals surface area contributed by atoms with Crippen molar-refractivity contribution in [1.82, 2.24) is 15.3 Å². The van der Waals surface area contributed by atoms with Gasteiger partial charge in [0, 0.05) is 12.4 Å². The van der Waals surface area contributed by atoms with Gasteiger partial charge < -0.3 is 10.6 Å². The summed E-state index contributed by atoms with van der Waals surface area (Å²) in [7, 11) is 0. The third-order valence-electron chi connectivity index (χ3n) is 3.94. The summed E-state index contributed by atoms with van der Waals surface area (Å²) in [6.07, 6.45) is 5.77.